The van der Waals surface area contributed by atoms with Crippen molar-refractivity contribution in [3.8, 4) is 5.75 Å². The average molecular weight is 280 g/mol. The van der Waals surface area contributed by atoms with Crippen LogP contribution in [0.2, 0.25) is 0 Å². The third-order valence-electron chi connectivity index (χ3n) is 3.38. The van der Waals surface area contributed by atoms with Crippen LogP contribution in [-0.2, 0) is 0 Å². The summed E-state index contributed by atoms with van der Waals surface area (Å²) in [6.45, 7) is 0. The maximum atomic E-state index is 12.0. The number of hydrogen-bond acceptors (Lipinski definition) is 3. The van der Waals surface area contributed by atoms with E-state index in [-0.39, 0.29) is 12.1 Å². The summed E-state index contributed by atoms with van der Waals surface area (Å²) in [7, 11) is 1.64. The second-order valence-corrected chi connectivity index (χ2v) is 4.74. The largest absolute Gasteiger partial charge is 0.496 e. The van der Waals surface area contributed by atoms with Crippen LogP contribution < -0.4 is 15.4 Å². The molecule has 0 saturated carbocycles. The zero-order chi connectivity index (χ0) is 14.7. The van der Waals surface area contributed by atoms with Gasteiger partial charge in [0.05, 0.1) is 12.7 Å². The Morgan fingerprint density at radius 1 is 1.05 bits per heavy atom. The number of fused-ring (bicyclic) bond motifs is 1. The first-order valence-electron chi connectivity index (χ1n) is 6.75. The van der Waals surface area contributed by atoms with Gasteiger partial charge < -0.3 is 15.4 Å². The summed E-state index contributed by atoms with van der Waals surface area (Å²) in [6, 6.07) is 15.2. The van der Waals surface area contributed by atoms with Gasteiger partial charge in [-0.1, -0.05) is 36.4 Å². The van der Waals surface area contributed by atoms with Crippen molar-refractivity contribution in [2.45, 2.75) is 6.17 Å². The lowest BCUT2D eigenvalue weighted by Crippen LogP contribution is -2.43. The molecule has 0 spiro atoms. The van der Waals surface area contributed by atoms with E-state index in [1.165, 1.54) is 0 Å². The molecule has 3 rings (SSSR count). The number of rotatable bonds is 3. The summed E-state index contributed by atoms with van der Waals surface area (Å²) < 4.78 is 5.30. The van der Waals surface area contributed by atoms with Gasteiger partial charge in [0.15, 0.2) is 0 Å². The quantitative estimate of drug-likeness (QED) is 0.909. The van der Waals surface area contributed by atoms with E-state index in [9.17, 15) is 4.79 Å². The molecule has 1 heterocycles. The van der Waals surface area contributed by atoms with Crippen molar-refractivity contribution < 1.29 is 9.53 Å². The first-order chi connectivity index (χ1) is 10.3. The minimum atomic E-state index is -0.239. The van der Waals surface area contributed by atoms with Gasteiger partial charge in [0.2, 0.25) is 0 Å². The number of amides is 1. The van der Waals surface area contributed by atoms with Crippen LogP contribution in [0.3, 0.4) is 0 Å². The van der Waals surface area contributed by atoms with Crippen LogP contribution in [0.4, 0.5) is 5.69 Å². The van der Waals surface area contributed by atoms with Crippen LogP contribution in [0.1, 0.15) is 15.9 Å². The van der Waals surface area contributed by atoms with E-state index in [1.807, 2.05) is 54.6 Å². The smallest absolute Gasteiger partial charge is 0.255 e. The van der Waals surface area contributed by atoms with Crippen LogP contribution >= 0.6 is 0 Å². The molecule has 1 aliphatic rings. The molecular weight excluding hydrogens is 264 g/mol. The Morgan fingerprint density at radius 3 is 2.67 bits per heavy atom. The molecule has 2 aromatic carbocycles. The van der Waals surface area contributed by atoms with Gasteiger partial charge in [-0.3, -0.25) is 4.79 Å². The highest BCUT2D eigenvalue weighted by molar-refractivity contribution is 6.01. The minimum absolute atomic E-state index is 0.0703. The van der Waals surface area contributed by atoms with Gasteiger partial charge in [-0.05, 0) is 24.3 Å². The Hall–Kier alpha value is -2.75. The molecule has 2 aromatic rings. The van der Waals surface area contributed by atoms with Crippen LogP contribution in [-0.4, -0.2) is 19.2 Å². The van der Waals surface area contributed by atoms with Crippen molar-refractivity contribution in [1.82, 2.24) is 5.32 Å². The van der Waals surface area contributed by atoms with Gasteiger partial charge in [-0.15, -0.1) is 0 Å². The second kappa shape index (κ2) is 5.71. The first-order valence-corrected chi connectivity index (χ1v) is 6.75. The standard InChI is InChI=1S/C17H16N2O2/c1-21-15-9-5-2-6-12(15)10-11-16-18-14-8-4-3-7-13(14)17(20)19-16/h2-11,16,18H,1H3,(H,19,20)/b11-10+. The molecule has 1 unspecified atom stereocenters. The van der Waals surface area contributed by atoms with Crippen LogP contribution in [0.25, 0.3) is 6.08 Å². The summed E-state index contributed by atoms with van der Waals surface area (Å²) >= 11 is 0. The lowest BCUT2D eigenvalue weighted by Gasteiger charge is -2.25. The van der Waals surface area contributed by atoms with Crippen molar-refractivity contribution in [3.63, 3.8) is 0 Å². The third kappa shape index (κ3) is 2.74. The van der Waals surface area contributed by atoms with Gasteiger partial charge in [-0.2, -0.15) is 0 Å². The number of hydrogen-bond donors (Lipinski definition) is 2. The fourth-order valence-electron chi connectivity index (χ4n) is 2.33. The van der Waals surface area contributed by atoms with Crippen molar-refractivity contribution >= 4 is 17.7 Å². The number of carbonyl (C=O) groups is 1. The predicted octanol–water partition coefficient (Wildman–Crippen LogP) is 2.89. The molecule has 4 nitrogen and oxygen atoms in total. The molecule has 1 amide bonds. The Kier molecular flexibility index (Phi) is 3.60. The minimum Gasteiger partial charge on any atom is -0.496 e. The fourth-order valence-corrected chi connectivity index (χ4v) is 2.33. The van der Waals surface area contributed by atoms with E-state index < -0.39 is 0 Å². The summed E-state index contributed by atoms with van der Waals surface area (Å²) in [5, 5.41) is 6.18. The van der Waals surface area contributed by atoms with E-state index in [1.54, 1.807) is 13.2 Å². The van der Waals surface area contributed by atoms with E-state index in [2.05, 4.69) is 10.6 Å². The lowest BCUT2D eigenvalue weighted by molar-refractivity contribution is 0.0943. The average Bonchev–Trinajstić information content (AvgIpc) is 2.53. The summed E-state index contributed by atoms with van der Waals surface area (Å²) in [6.07, 6.45) is 3.61. The molecule has 0 fully saturated rings. The number of benzene rings is 2. The first kappa shape index (κ1) is 13.2. The number of methoxy groups -OCH3 is 1. The summed E-state index contributed by atoms with van der Waals surface area (Å²) in [4.78, 5) is 12.0. The highest BCUT2D eigenvalue weighted by atomic mass is 16.5. The molecule has 4 heteroatoms. The number of carbonyl (C=O) groups excluding carboxylic acids is 1. The molecule has 1 aliphatic heterocycles. The SMILES string of the molecule is COc1ccccc1/C=C/C1NC(=O)c2ccccc2N1. The molecule has 0 saturated heterocycles. The van der Waals surface area contributed by atoms with Crippen molar-refractivity contribution in [1.29, 1.82) is 0 Å². The Labute approximate surface area is 123 Å². The molecule has 0 aliphatic carbocycles. The summed E-state index contributed by atoms with van der Waals surface area (Å²) in [5.74, 6) is 0.732. The van der Waals surface area contributed by atoms with Crippen LogP contribution in [0.15, 0.2) is 54.6 Å². The monoisotopic (exact) mass is 280 g/mol. The van der Waals surface area contributed by atoms with E-state index in [0.717, 1.165) is 17.0 Å². The zero-order valence-electron chi connectivity index (χ0n) is 11.7. The molecule has 1 atom stereocenters. The highest BCUT2D eigenvalue weighted by Crippen LogP contribution is 2.22. The summed E-state index contributed by atoms with van der Waals surface area (Å²) in [5.41, 5.74) is 2.48. The second-order valence-electron chi connectivity index (χ2n) is 4.74. The number of anilines is 1. The van der Waals surface area contributed by atoms with Gasteiger partial charge in [0.25, 0.3) is 5.91 Å². The van der Waals surface area contributed by atoms with E-state index in [0.29, 0.717) is 5.56 Å². The van der Waals surface area contributed by atoms with Gasteiger partial charge in [0, 0.05) is 11.3 Å². The normalized spacial score (nSPS) is 17.0. The fraction of sp³-hybridized carbons (Fsp3) is 0.118. The highest BCUT2D eigenvalue weighted by Gasteiger charge is 2.20. The molecule has 21 heavy (non-hydrogen) atoms. The van der Waals surface area contributed by atoms with Crippen molar-refractivity contribution in [2.24, 2.45) is 0 Å². The van der Waals surface area contributed by atoms with E-state index in [4.69, 9.17) is 4.74 Å². The van der Waals surface area contributed by atoms with Crippen LogP contribution in [0, 0.1) is 0 Å². The third-order valence-corrected chi connectivity index (χ3v) is 3.38. The molecule has 2 N–H and O–H groups in total. The topological polar surface area (TPSA) is 50.4 Å². The lowest BCUT2D eigenvalue weighted by atomic mass is 10.1. The van der Waals surface area contributed by atoms with Gasteiger partial charge in [0.1, 0.15) is 11.9 Å². The Balaban J connectivity index is 1.81. The van der Waals surface area contributed by atoms with Gasteiger partial charge in [-0.25, -0.2) is 0 Å². The Bertz CT molecular complexity index is 695. The predicted molar refractivity (Wildman–Crippen MR) is 83.3 cm³/mol. The number of ether oxygens (including phenoxy) is 1. The molecular formula is C17H16N2O2. The number of para-hydroxylation sites is 2. The maximum Gasteiger partial charge on any atom is 0.255 e. The van der Waals surface area contributed by atoms with Gasteiger partial charge >= 0.3 is 0 Å². The van der Waals surface area contributed by atoms with Crippen molar-refractivity contribution in [2.75, 3.05) is 12.4 Å². The number of nitrogens with one attached hydrogen (secondary N) is 2. The Morgan fingerprint density at radius 2 is 1.81 bits per heavy atom. The van der Waals surface area contributed by atoms with Crippen molar-refractivity contribution in [3.05, 3.63) is 65.7 Å². The molecule has 0 aromatic heterocycles. The maximum absolute atomic E-state index is 12.0. The molecule has 106 valence electrons. The zero-order valence-corrected chi connectivity index (χ0v) is 11.7. The molecule has 0 radical (unpaired) electrons. The molecule has 0 bridgehead atoms. The van der Waals surface area contributed by atoms with E-state index >= 15 is 0 Å². The van der Waals surface area contributed by atoms with Crippen LogP contribution in [0.5, 0.6) is 5.75 Å².